The van der Waals surface area contributed by atoms with E-state index in [0.717, 1.165) is 16.7 Å². The van der Waals surface area contributed by atoms with E-state index in [2.05, 4.69) is 18.5 Å². The maximum absolute atomic E-state index is 6.40. The molecule has 0 spiro atoms. The molecule has 1 unspecified atom stereocenters. The molecule has 108 valence electrons. The summed E-state index contributed by atoms with van der Waals surface area (Å²) in [5.41, 5.74) is 8.20. The van der Waals surface area contributed by atoms with E-state index in [0.29, 0.717) is 16.7 Å². The van der Waals surface area contributed by atoms with Crippen LogP contribution in [0.1, 0.15) is 13.8 Å². The lowest BCUT2D eigenvalue weighted by Crippen LogP contribution is -2.44. The molecule has 2 nitrogen and oxygen atoms in total. The van der Waals surface area contributed by atoms with Crippen LogP contribution in [0, 0.1) is 0 Å². The summed E-state index contributed by atoms with van der Waals surface area (Å²) in [5, 5.41) is 4.30. The van der Waals surface area contributed by atoms with Gasteiger partial charge in [0.1, 0.15) is 5.16 Å². The van der Waals surface area contributed by atoms with E-state index in [1.807, 2.05) is 26.0 Å². The highest BCUT2D eigenvalue weighted by molar-refractivity contribution is 6.31. The molecular formula is C16H20Cl2N2. The van der Waals surface area contributed by atoms with Gasteiger partial charge in [0.15, 0.2) is 0 Å². The second-order valence-electron chi connectivity index (χ2n) is 4.77. The fourth-order valence-electron chi connectivity index (χ4n) is 1.73. The third-order valence-electron chi connectivity index (χ3n) is 3.28. The molecule has 0 aromatic heterocycles. The lowest BCUT2D eigenvalue weighted by Gasteiger charge is -2.32. The Kier molecular flexibility index (Phi) is 5.88. The Morgan fingerprint density at radius 3 is 2.55 bits per heavy atom. The smallest absolute Gasteiger partial charge is 0.102 e. The van der Waals surface area contributed by atoms with Gasteiger partial charge < -0.3 is 11.1 Å². The van der Waals surface area contributed by atoms with Crippen molar-refractivity contribution in [3.8, 4) is 0 Å². The van der Waals surface area contributed by atoms with Crippen molar-refractivity contribution in [1.29, 1.82) is 0 Å². The van der Waals surface area contributed by atoms with Crippen LogP contribution in [0.25, 0.3) is 0 Å². The first-order valence-corrected chi connectivity index (χ1v) is 7.02. The molecule has 4 heteroatoms. The highest BCUT2D eigenvalue weighted by Crippen LogP contribution is 2.28. The molecule has 1 aliphatic rings. The predicted molar refractivity (Wildman–Crippen MR) is 89.6 cm³/mol. The monoisotopic (exact) mass is 310 g/mol. The molecule has 0 bridgehead atoms. The maximum Gasteiger partial charge on any atom is 0.102 e. The van der Waals surface area contributed by atoms with Crippen molar-refractivity contribution in [2.24, 2.45) is 5.73 Å². The largest absolute Gasteiger partial charge is 0.372 e. The van der Waals surface area contributed by atoms with Crippen LogP contribution in [0.3, 0.4) is 0 Å². The molecule has 20 heavy (non-hydrogen) atoms. The molecule has 0 aromatic rings. The zero-order chi connectivity index (χ0) is 15.3. The third-order valence-corrected chi connectivity index (χ3v) is 3.88. The van der Waals surface area contributed by atoms with Crippen LogP contribution in [0.5, 0.6) is 0 Å². The highest BCUT2D eigenvalue weighted by Gasteiger charge is 2.28. The zero-order valence-corrected chi connectivity index (χ0v) is 13.4. The summed E-state index contributed by atoms with van der Waals surface area (Å²) < 4.78 is 0. The van der Waals surface area contributed by atoms with Gasteiger partial charge in [-0.15, -0.1) is 0 Å². The molecule has 0 fully saturated rings. The Labute approximate surface area is 131 Å². The number of hydrogen-bond donors (Lipinski definition) is 2. The molecule has 0 amide bonds. The minimum atomic E-state index is -0.690. The number of halogens is 2. The van der Waals surface area contributed by atoms with Gasteiger partial charge in [0.2, 0.25) is 0 Å². The fraction of sp³-hybridized carbons (Fsp3) is 0.250. The van der Waals surface area contributed by atoms with E-state index < -0.39 is 5.54 Å². The van der Waals surface area contributed by atoms with Crippen LogP contribution in [0.15, 0.2) is 70.4 Å². The molecule has 3 N–H and O–H groups in total. The summed E-state index contributed by atoms with van der Waals surface area (Å²) in [6.07, 6.45) is 9.09. The molecule has 1 atom stereocenters. The summed E-state index contributed by atoms with van der Waals surface area (Å²) in [6.45, 7) is 12.4. The van der Waals surface area contributed by atoms with Gasteiger partial charge in [-0.05, 0) is 42.7 Å². The SMILES string of the molecule is C=C(/C=C\C(Cl)=C/C)C(=C)C(C)(N)C1=CC=C(Cl)NC1. The number of nitrogens with one attached hydrogen (secondary N) is 1. The van der Waals surface area contributed by atoms with Crippen LogP contribution in [0.2, 0.25) is 0 Å². The Bertz CT molecular complexity index is 535. The first-order valence-electron chi connectivity index (χ1n) is 6.27. The lowest BCUT2D eigenvalue weighted by atomic mass is 9.81. The van der Waals surface area contributed by atoms with Crippen molar-refractivity contribution in [2.75, 3.05) is 6.54 Å². The van der Waals surface area contributed by atoms with Crippen LogP contribution < -0.4 is 11.1 Å². The van der Waals surface area contributed by atoms with Crippen LogP contribution >= 0.6 is 23.2 Å². The van der Waals surface area contributed by atoms with E-state index in [1.54, 1.807) is 18.2 Å². The topological polar surface area (TPSA) is 38.0 Å². The molecule has 0 saturated heterocycles. The molecule has 0 saturated carbocycles. The van der Waals surface area contributed by atoms with Gasteiger partial charge in [-0.25, -0.2) is 0 Å². The second-order valence-corrected chi connectivity index (χ2v) is 5.62. The van der Waals surface area contributed by atoms with Gasteiger partial charge in [0, 0.05) is 11.6 Å². The predicted octanol–water partition coefficient (Wildman–Crippen LogP) is 4.12. The van der Waals surface area contributed by atoms with Crippen molar-refractivity contribution >= 4 is 23.2 Å². The van der Waals surface area contributed by atoms with Gasteiger partial charge in [0.05, 0.1) is 5.54 Å². The number of allylic oxidation sites excluding steroid dienone is 6. The molecule has 1 rings (SSSR count). The lowest BCUT2D eigenvalue weighted by molar-refractivity contribution is 0.621. The Balaban J connectivity index is 2.90. The molecule has 0 aromatic carbocycles. The molecule has 1 aliphatic heterocycles. The van der Waals surface area contributed by atoms with E-state index in [-0.39, 0.29) is 0 Å². The summed E-state index contributed by atoms with van der Waals surface area (Å²) in [6, 6.07) is 0. The van der Waals surface area contributed by atoms with Gasteiger partial charge in [-0.3, -0.25) is 0 Å². The molecule has 0 radical (unpaired) electrons. The van der Waals surface area contributed by atoms with Gasteiger partial charge in [-0.2, -0.15) is 0 Å². The van der Waals surface area contributed by atoms with Crippen molar-refractivity contribution in [1.82, 2.24) is 5.32 Å². The molecule has 1 heterocycles. The summed E-state index contributed by atoms with van der Waals surface area (Å²) in [5.74, 6) is 0. The van der Waals surface area contributed by atoms with Crippen molar-refractivity contribution in [2.45, 2.75) is 19.4 Å². The van der Waals surface area contributed by atoms with Crippen molar-refractivity contribution in [3.05, 3.63) is 70.4 Å². The standard InChI is InChI=1S/C16H20Cl2N2/c1-5-14(17)8-6-11(2)12(3)16(4,19)13-7-9-15(18)20-10-13/h5-9,20H,2-3,10,19H2,1,4H3/b8-6-,14-5+. The zero-order valence-electron chi connectivity index (χ0n) is 11.8. The summed E-state index contributed by atoms with van der Waals surface area (Å²) >= 11 is 11.8. The maximum atomic E-state index is 6.40. The van der Waals surface area contributed by atoms with E-state index in [4.69, 9.17) is 28.9 Å². The average Bonchev–Trinajstić information content (AvgIpc) is 2.43. The third kappa shape index (κ3) is 4.14. The Hall–Kier alpha value is -1.22. The first-order chi connectivity index (χ1) is 9.28. The average molecular weight is 311 g/mol. The quantitative estimate of drug-likeness (QED) is 0.592. The van der Waals surface area contributed by atoms with Crippen molar-refractivity contribution in [3.63, 3.8) is 0 Å². The van der Waals surface area contributed by atoms with Gasteiger partial charge in [0.25, 0.3) is 0 Å². The number of hydrogen-bond acceptors (Lipinski definition) is 2. The number of rotatable bonds is 5. The normalized spacial score (nSPS) is 18.9. The Morgan fingerprint density at radius 2 is 2.05 bits per heavy atom. The van der Waals surface area contributed by atoms with Crippen molar-refractivity contribution < 1.29 is 0 Å². The van der Waals surface area contributed by atoms with E-state index >= 15 is 0 Å². The minimum absolute atomic E-state index is 0.591. The van der Waals surface area contributed by atoms with Gasteiger partial charge in [-0.1, -0.05) is 54.6 Å². The summed E-state index contributed by atoms with van der Waals surface area (Å²) in [4.78, 5) is 0. The second kappa shape index (κ2) is 6.98. The highest BCUT2D eigenvalue weighted by atomic mass is 35.5. The van der Waals surface area contributed by atoms with Crippen LogP contribution in [-0.4, -0.2) is 12.1 Å². The fourth-order valence-corrected chi connectivity index (χ4v) is 1.93. The minimum Gasteiger partial charge on any atom is -0.372 e. The van der Waals surface area contributed by atoms with Crippen LogP contribution in [-0.2, 0) is 0 Å². The molecular weight excluding hydrogens is 291 g/mol. The van der Waals surface area contributed by atoms with E-state index in [9.17, 15) is 0 Å². The van der Waals surface area contributed by atoms with E-state index in [1.165, 1.54) is 0 Å². The first kappa shape index (κ1) is 16.8. The molecule has 0 aliphatic carbocycles. The summed E-state index contributed by atoms with van der Waals surface area (Å²) in [7, 11) is 0. The van der Waals surface area contributed by atoms with Gasteiger partial charge >= 0.3 is 0 Å². The number of dihydropyridines is 1. The Morgan fingerprint density at radius 1 is 1.40 bits per heavy atom. The number of nitrogens with two attached hydrogens (primary N) is 1. The van der Waals surface area contributed by atoms with Crippen LogP contribution in [0.4, 0.5) is 0 Å².